The van der Waals surface area contributed by atoms with E-state index in [9.17, 15) is 21.2 Å². The van der Waals surface area contributed by atoms with Crippen molar-refractivity contribution in [1.29, 1.82) is 0 Å². The molecule has 6 aromatic rings. The second-order valence-electron chi connectivity index (χ2n) is 16.0. The Morgan fingerprint density at radius 1 is 0.951 bits per heavy atom. The van der Waals surface area contributed by atoms with Crippen LogP contribution in [-0.2, 0) is 31.5 Å². The number of sulfonamides is 2. The van der Waals surface area contributed by atoms with Gasteiger partial charge in [0.05, 0.1) is 54.2 Å². The van der Waals surface area contributed by atoms with Crippen LogP contribution in [0.25, 0.3) is 45.1 Å². The maximum Gasteiger partial charge on any atom is 0.361 e. The number of pyridine rings is 2. The predicted octanol–water partition coefficient (Wildman–Crippen LogP) is 3.74. The third kappa shape index (κ3) is 12.7. The van der Waals surface area contributed by atoms with Crippen LogP contribution in [0, 0.1) is 5.95 Å². The summed E-state index contributed by atoms with van der Waals surface area (Å²) in [6.07, 6.45) is 17.0. The second kappa shape index (κ2) is 19.7. The molecule has 0 bridgehead atoms. The van der Waals surface area contributed by atoms with Gasteiger partial charge in [-0.1, -0.05) is 19.6 Å². The number of H-pyrrole nitrogens is 1. The molecule has 8 rings (SSSR count). The molecule has 0 unspecified atom stereocenters. The predicted molar refractivity (Wildman–Crippen MR) is 234 cm³/mol. The van der Waals surface area contributed by atoms with Gasteiger partial charge in [-0.15, -0.1) is 3.98 Å². The average Bonchev–Trinajstić information content (AvgIpc) is 3.86. The minimum absolute atomic E-state index is 0.00373. The number of ether oxygens (including phenoxy) is 1. The summed E-state index contributed by atoms with van der Waals surface area (Å²) in [5, 5.41) is 3.38. The molecule has 6 aromatic heterocycles. The maximum atomic E-state index is 13.8. The summed E-state index contributed by atoms with van der Waals surface area (Å²) in [5.74, 6) is 0.0984. The summed E-state index contributed by atoms with van der Waals surface area (Å²) in [5.41, 5.74) is 10.1. The van der Waals surface area contributed by atoms with Gasteiger partial charge in [0.25, 0.3) is 0 Å². The van der Waals surface area contributed by atoms with Gasteiger partial charge in [-0.05, 0) is 49.6 Å². The average molecular weight is 896 g/mol. The molecule has 2 atom stereocenters. The highest BCUT2D eigenvalue weighted by atomic mass is 32.2. The molecule has 4 N–H and O–H groups in total. The van der Waals surface area contributed by atoms with Crippen molar-refractivity contribution in [1.82, 2.24) is 53.7 Å². The summed E-state index contributed by atoms with van der Waals surface area (Å²) < 4.78 is 69.7. The number of rotatable bonds is 11. The Kier molecular flexibility index (Phi) is 14.6. The van der Waals surface area contributed by atoms with Crippen LogP contribution in [-0.4, -0.2) is 140 Å². The molecular weight excluding hydrogens is 844 g/mol. The molecule has 23 heteroatoms. The van der Waals surface area contributed by atoms with E-state index in [0.29, 0.717) is 71.7 Å². The number of aromatic amines is 1. The first kappa shape index (κ1) is 45.3. The highest BCUT2D eigenvalue weighted by Gasteiger charge is 2.27. The number of anilines is 1. The van der Waals surface area contributed by atoms with Crippen LogP contribution in [0.5, 0.6) is 0 Å². The Bertz CT molecular complexity index is 2690. The lowest BCUT2D eigenvalue weighted by molar-refractivity contribution is -0.370. The number of aromatic nitrogens is 10. The van der Waals surface area contributed by atoms with Crippen molar-refractivity contribution in [2.24, 2.45) is 5.73 Å². The first-order valence-corrected chi connectivity index (χ1v) is 27.1. The summed E-state index contributed by atoms with van der Waals surface area (Å²) in [6.45, 7) is 9.47. The second-order valence-corrected chi connectivity index (χ2v) is 25.5. The Balaban J connectivity index is 0.000000165. The van der Waals surface area contributed by atoms with E-state index in [1.54, 1.807) is 48.0 Å². The number of piperidine rings is 1. The van der Waals surface area contributed by atoms with E-state index in [4.69, 9.17) is 10.5 Å². The molecule has 0 spiro atoms. The zero-order chi connectivity index (χ0) is 43.8. The van der Waals surface area contributed by atoms with Gasteiger partial charge in [0, 0.05) is 58.2 Å². The van der Waals surface area contributed by atoms with Crippen molar-refractivity contribution < 1.29 is 29.9 Å². The van der Waals surface area contributed by atoms with Crippen molar-refractivity contribution in [2.75, 3.05) is 44.1 Å². The molecule has 2 aliphatic heterocycles. The standard InChI is InChI=1S/C16H20FN5OSi.C16H19N7O2S.C6H13N2O2S/c1-24(2,3)8-7-23-11-22-10-20-15-16(22)19-9-13(21-15)12-5-4-6-18-14(12)17;1-26(24,25)23-7-3-4-11(9-23)21-14-12(5-2-6-17-14)13-8-18-15-16(22-13)20-10-19-15;1-11(9,10)8-4-2-3-6(7)5-8/h4-6,9-10H,7-8,11H2,1-3H3;2,5-6,8,10-11H,3-4,7,9H2,1H3,(H,17,21)(H,18,19,20,22);4,6H,2-3,5,7H2,1H3/q;;+1/t;11-;6-/m.00/s1. The number of halogens is 1. The summed E-state index contributed by atoms with van der Waals surface area (Å²) in [4.78, 5) is 36.9. The Labute approximate surface area is 355 Å². The van der Waals surface area contributed by atoms with E-state index in [1.165, 1.54) is 33.2 Å². The van der Waals surface area contributed by atoms with E-state index in [0.717, 1.165) is 43.9 Å². The van der Waals surface area contributed by atoms with Gasteiger partial charge in [0.15, 0.2) is 35.3 Å². The van der Waals surface area contributed by atoms with Crippen molar-refractivity contribution in [3.63, 3.8) is 0 Å². The van der Waals surface area contributed by atoms with Crippen molar-refractivity contribution in [3.05, 3.63) is 67.7 Å². The van der Waals surface area contributed by atoms with Gasteiger partial charge in [-0.3, -0.25) is 4.57 Å². The van der Waals surface area contributed by atoms with Crippen LogP contribution < -0.4 is 11.1 Å². The molecule has 61 heavy (non-hydrogen) atoms. The molecule has 8 heterocycles. The lowest BCUT2D eigenvalue weighted by atomic mass is 10.1. The summed E-state index contributed by atoms with van der Waals surface area (Å²) in [6, 6.07) is 8.13. The minimum Gasteiger partial charge on any atom is -0.365 e. The topological polar surface area (TPSA) is 246 Å². The van der Waals surface area contributed by atoms with Crippen LogP contribution in [0.1, 0.15) is 25.7 Å². The molecule has 0 aromatic carbocycles. The SMILES string of the molecule is CS(=O)(=O)N1CCC[C@H](Nc2ncccc2-c2cnc3nc[nH]c3n2)C1.CS(=O)(=O)[N+]1=CCC[C@H](N)C1.C[Si](C)(C)CCOCn1cnc2nc(-c3cccnc3F)cnc21. The van der Waals surface area contributed by atoms with E-state index >= 15 is 0 Å². The first-order chi connectivity index (χ1) is 28.9. The number of hydrogen-bond donors (Lipinski definition) is 3. The highest BCUT2D eigenvalue weighted by molar-refractivity contribution is 7.88. The molecule has 1 saturated heterocycles. The quantitative estimate of drug-likeness (QED) is 0.0726. The molecule has 0 radical (unpaired) electrons. The number of hydrogen-bond acceptors (Lipinski definition) is 15. The molecule has 1 fully saturated rings. The molecule has 0 saturated carbocycles. The number of imidazole rings is 2. The van der Waals surface area contributed by atoms with Crippen LogP contribution in [0.3, 0.4) is 0 Å². The Morgan fingerprint density at radius 2 is 1.69 bits per heavy atom. The number of fused-ring (bicyclic) bond motifs is 2. The van der Waals surface area contributed by atoms with Gasteiger partial charge in [-0.2, -0.15) is 12.8 Å². The van der Waals surface area contributed by atoms with Crippen molar-refractivity contribution in [3.8, 4) is 22.5 Å². The van der Waals surface area contributed by atoms with E-state index < -0.39 is 34.1 Å². The number of nitrogens with two attached hydrogens (primary N) is 1. The Hall–Kier alpha value is -5.20. The molecule has 0 aliphatic carbocycles. The van der Waals surface area contributed by atoms with E-state index in [-0.39, 0.29) is 12.1 Å². The summed E-state index contributed by atoms with van der Waals surface area (Å²) >= 11 is 0. The highest BCUT2D eigenvalue weighted by Crippen LogP contribution is 2.27. The summed E-state index contributed by atoms with van der Waals surface area (Å²) in [7, 11) is -7.36. The van der Waals surface area contributed by atoms with Crippen LogP contribution in [0.2, 0.25) is 25.7 Å². The van der Waals surface area contributed by atoms with Gasteiger partial charge in [0.2, 0.25) is 16.0 Å². The fourth-order valence-electron chi connectivity index (χ4n) is 6.42. The number of nitrogens with zero attached hydrogens (tertiary/aromatic N) is 11. The zero-order valence-electron chi connectivity index (χ0n) is 34.8. The zero-order valence-corrected chi connectivity index (χ0v) is 37.4. The smallest absolute Gasteiger partial charge is 0.361 e. The molecular formula is C38H52FN14O5S2Si+. The van der Waals surface area contributed by atoms with E-state index in [2.05, 4.69) is 69.8 Å². The third-order valence-electron chi connectivity index (χ3n) is 9.72. The van der Waals surface area contributed by atoms with Gasteiger partial charge >= 0.3 is 10.0 Å². The first-order valence-electron chi connectivity index (χ1n) is 19.7. The van der Waals surface area contributed by atoms with Gasteiger partial charge in [-0.25, -0.2) is 52.6 Å². The fourth-order valence-corrected chi connectivity index (χ4v) is 8.93. The number of nitrogens with one attached hydrogen (secondary N) is 2. The van der Waals surface area contributed by atoms with Crippen LogP contribution in [0.4, 0.5) is 10.2 Å². The molecule has 326 valence electrons. The van der Waals surface area contributed by atoms with Crippen molar-refractivity contribution >= 4 is 62.7 Å². The minimum atomic E-state index is -3.19. The van der Waals surface area contributed by atoms with Crippen LogP contribution in [0.15, 0.2) is 61.7 Å². The van der Waals surface area contributed by atoms with Crippen molar-refractivity contribution in [2.45, 2.75) is 70.2 Å². The molecule has 19 nitrogen and oxygen atoms in total. The van der Waals surface area contributed by atoms with Crippen LogP contribution >= 0.6 is 0 Å². The monoisotopic (exact) mass is 895 g/mol. The largest absolute Gasteiger partial charge is 0.365 e. The fraction of sp³-hybridized carbons (Fsp3) is 0.447. The maximum absolute atomic E-state index is 13.8. The Morgan fingerprint density at radius 3 is 2.39 bits per heavy atom. The third-order valence-corrected chi connectivity index (χ3v) is 13.8. The molecule has 0 amide bonds. The van der Waals surface area contributed by atoms with E-state index in [1.807, 2.05) is 12.1 Å². The lowest BCUT2D eigenvalue weighted by Crippen LogP contribution is -2.44. The molecule has 2 aliphatic rings. The normalized spacial score (nSPS) is 17.5. The lowest BCUT2D eigenvalue weighted by Gasteiger charge is -2.32. The van der Waals surface area contributed by atoms with Gasteiger partial charge < -0.3 is 20.8 Å². The van der Waals surface area contributed by atoms with Gasteiger partial charge in [0.1, 0.15) is 18.9 Å².